The van der Waals surface area contributed by atoms with Gasteiger partial charge in [0.2, 0.25) is 12.7 Å². The van der Waals surface area contributed by atoms with Gasteiger partial charge in [0.25, 0.3) is 0 Å². The van der Waals surface area contributed by atoms with E-state index in [0.29, 0.717) is 11.5 Å². The number of carbonyl (C=O) groups is 2. The van der Waals surface area contributed by atoms with Crippen molar-refractivity contribution in [2.75, 3.05) is 13.8 Å². The highest BCUT2D eigenvalue weighted by molar-refractivity contribution is 5.87. The van der Waals surface area contributed by atoms with Crippen molar-refractivity contribution in [3.8, 4) is 11.5 Å². The Kier molecular flexibility index (Phi) is 2.58. The summed E-state index contributed by atoms with van der Waals surface area (Å²) in [5.74, 6) is -0.606. The molecule has 1 saturated heterocycles. The van der Waals surface area contributed by atoms with Crippen LogP contribution in [0.15, 0.2) is 18.2 Å². The van der Waals surface area contributed by atoms with Crippen LogP contribution in [0.4, 0.5) is 0 Å². The smallest absolute Gasteiger partial charge is 0.309 e. The van der Waals surface area contributed by atoms with Crippen LogP contribution in [0.5, 0.6) is 11.5 Å². The first-order chi connectivity index (χ1) is 9.08. The van der Waals surface area contributed by atoms with E-state index < -0.39 is 17.9 Å². The maximum absolute atomic E-state index is 11.7. The molecule has 1 amide bonds. The van der Waals surface area contributed by atoms with E-state index in [1.807, 2.05) is 0 Å². The first-order valence-electron chi connectivity index (χ1n) is 5.96. The number of likely N-dealkylation sites (tertiary alicyclic amines) is 1. The zero-order chi connectivity index (χ0) is 13.6. The number of fused-ring (bicyclic) bond motifs is 1. The predicted octanol–water partition coefficient (Wildman–Crippen LogP) is 1.02. The standard InChI is InChI=1S/C13H13NO5/c1-14-11(15)5-8(13(16)17)12(14)7-2-3-9-10(4-7)19-6-18-9/h2-4,8,12H,5-6H2,1H3,(H,16,17)/t8-,12-/m0/s1. The molecule has 0 spiro atoms. The summed E-state index contributed by atoms with van der Waals surface area (Å²) in [7, 11) is 1.63. The van der Waals surface area contributed by atoms with Crippen LogP contribution < -0.4 is 9.47 Å². The summed E-state index contributed by atoms with van der Waals surface area (Å²) in [6.45, 7) is 0.167. The minimum absolute atomic E-state index is 0.0327. The summed E-state index contributed by atoms with van der Waals surface area (Å²) in [6.07, 6.45) is 0.0327. The predicted molar refractivity (Wildman–Crippen MR) is 63.8 cm³/mol. The van der Waals surface area contributed by atoms with Crippen molar-refractivity contribution in [1.82, 2.24) is 4.90 Å². The molecule has 0 bridgehead atoms. The fourth-order valence-electron chi connectivity index (χ4n) is 2.64. The Hall–Kier alpha value is -2.24. The third-order valence-electron chi connectivity index (χ3n) is 3.64. The van der Waals surface area contributed by atoms with E-state index in [-0.39, 0.29) is 19.1 Å². The van der Waals surface area contributed by atoms with Crippen LogP contribution in [0.25, 0.3) is 0 Å². The monoisotopic (exact) mass is 263 g/mol. The molecular formula is C13H13NO5. The lowest BCUT2D eigenvalue weighted by Gasteiger charge is -2.23. The second-order valence-electron chi connectivity index (χ2n) is 4.71. The van der Waals surface area contributed by atoms with Crippen LogP contribution in [0.3, 0.4) is 0 Å². The van der Waals surface area contributed by atoms with Gasteiger partial charge in [-0.25, -0.2) is 0 Å². The summed E-state index contributed by atoms with van der Waals surface area (Å²) in [5, 5.41) is 9.24. The first kappa shape index (κ1) is 11.8. The summed E-state index contributed by atoms with van der Waals surface area (Å²) < 4.78 is 10.5. The molecule has 6 heteroatoms. The summed E-state index contributed by atoms with van der Waals surface area (Å²) in [5.41, 5.74) is 0.755. The molecule has 1 aromatic rings. The molecule has 6 nitrogen and oxygen atoms in total. The minimum atomic E-state index is -0.958. The van der Waals surface area contributed by atoms with Crippen molar-refractivity contribution >= 4 is 11.9 Å². The third kappa shape index (κ3) is 1.80. The molecule has 1 aromatic carbocycles. The van der Waals surface area contributed by atoms with Crippen molar-refractivity contribution in [3.63, 3.8) is 0 Å². The van der Waals surface area contributed by atoms with E-state index in [9.17, 15) is 14.7 Å². The highest BCUT2D eigenvalue weighted by Gasteiger charge is 2.43. The molecule has 1 fully saturated rings. The lowest BCUT2D eigenvalue weighted by molar-refractivity contribution is -0.142. The summed E-state index contributed by atoms with van der Waals surface area (Å²) in [6, 6.07) is 4.81. The van der Waals surface area contributed by atoms with Crippen molar-refractivity contribution in [3.05, 3.63) is 23.8 Å². The van der Waals surface area contributed by atoms with Gasteiger partial charge in [0.05, 0.1) is 12.0 Å². The topological polar surface area (TPSA) is 76.1 Å². The Morgan fingerprint density at radius 3 is 2.84 bits per heavy atom. The molecule has 1 N–H and O–H groups in total. The molecule has 19 heavy (non-hydrogen) atoms. The van der Waals surface area contributed by atoms with Gasteiger partial charge in [0.15, 0.2) is 11.5 Å². The van der Waals surface area contributed by atoms with E-state index in [1.54, 1.807) is 25.2 Å². The van der Waals surface area contributed by atoms with Crippen molar-refractivity contribution in [2.45, 2.75) is 12.5 Å². The molecular weight excluding hydrogens is 250 g/mol. The van der Waals surface area contributed by atoms with E-state index >= 15 is 0 Å². The molecule has 0 aromatic heterocycles. The molecule has 2 heterocycles. The van der Waals surface area contributed by atoms with Gasteiger partial charge in [-0.2, -0.15) is 0 Å². The molecule has 2 aliphatic rings. The number of nitrogens with zero attached hydrogens (tertiary/aromatic N) is 1. The molecule has 100 valence electrons. The Balaban J connectivity index is 1.99. The summed E-state index contributed by atoms with van der Waals surface area (Å²) in [4.78, 5) is 24.5. The highest BCUT2D eigenvalue weighted by atomic mass is 16.7. The fourth-order valence-corrected chi connectivity index (χ4v) is 2.64. The van der Waals surface area contributed by atoms with E-state index in [1.165, 1.54) is 4.90 Å². The lowest BCUT2D eigenvalue weighted by Crippen LogP contribution is -2.26. The van der Waals surface area contributed by atoms with Gasteiger partial charge < -0.3 is 19.5 Å². The number of rotatable bonds is 2. The number of benzene rings is 1. The van der Waals surface area contributed by atoms with E-state index in [0.717, 1.165) is 5.56 Å². The number of ether oxygens (including phenoxy) is 2. The summed E-state index contributed by atoms with van der Waals surface area (Å²) >= 11 is 0. The van der Waals surface area contributed by atoms with Gasteiger partial charge in [-0.1, -0.05) is 6.07 Å². The van der Waals surface area contributed by atoms with Gasteiger partial charge in [-0.05, 0) is 17.7 Å². The van der Waals surface area contributed by atoms with Crippen LogP contribution in [-0.2, 0) is 9.59 Å². The molecule has 0 aliphatic carbocycles. The second kappa shape index (κ2) is 4.15. The number of aliphatic carboxylic acids is 1. The van der Waals surface area contributed by atoms with Crippen molar-refractivity contribution < 1.29 is 24.2 Å². The maximum atomic E-state index is 11.7. The second-order valence-corrected chi connectivity index (χ2v) is 4.71. The number of carbonyl (C=O) groups excluding carboxylic acids is 1. The molecule has 2 aliphatic heterocycles. The van der Waals surface area contributed by atoms with Crippen molar-refractivity contribution in [1.29, 1.82) is 0 Å². The quantitative estimate of drug-likeness (QED) is 0.862. The highest BCUT2D eigenvalue weighted by Crippen LogP contribution is 2.41. The van der Waals surface area contributed by atoms with Crippen LogP contribution in [0.1, 0.15) is 18.0 Å². The number of hydrogen-bond acceptors (Lipinski definition) is 4. The Morgan fingerprint density at radius 1 is 1.37 bits per heavy atom. The van der Waals surface area contributed by atoms with Crippen LogP contribution in [0, 0.1) is 5.92 Å². The van der Waals surface area contributed by atoms with Crippen LogP contribution in [-0.4, -0.2) is 35.7 Å². The normalized spacial score (nSPS) is 24.9. The first-order valence-corrected chi connectivity index (χ1v) is 5.96. The van der Waals surface area contributed by atoms with E-state index in [2.05, 4.69) is 0 Å². The molecule has 3 rings (SSSR count). The number of hydrogen-bond donors (Lipinski definition) is 1. The zero-order valence-corrected chi connectivity index (χ0v) is 10.3. The van der Waals surface area contributed by atoms with E-state index in [4.69, 9.17) is 9.47 Å². The Morgan fingerprint density at radius 2 is 2.11 bits per heavy atom. The lowest BCUT2D eigenvalue weighted by atomic mass is 9.93. The number of amides is 1. The Labute approximate surface area is 109 Å². The maximum Gasteiger partial charge on any atom is 0.309 e. The number of carboxylic acid groups (broad SMARTS) is 1. The largest absolute Gasteiger partial charge is 0.481 e. The SMILES string of the molecule is CN1C(=O)C[C@H](C(=O)O)[C@@H]1c1ccc2c(c1)OCO2. The van der Waals surface area contributed by atoms with Gasteiger partial charge >= 0.3 is 5.97 Å². The van der Waals surface area contributed by atoms with Gasteiger partial charge in [0, 0.05) is 13.5 Å². The average molecular weight is 263 g/mol. The van der Waals surface area contributed by atoms with Gasteiger partial charge in [-0.15, -0.1) is 0 Å². The zero-order valence-electron chi connectivity index (χ0n) is 10.3. The Bertz CT molecular complexity index is 556. The molecule has 0 unspecified atom stereocenters. The third-order valence-corrected chi connectivity index (χ3v) is 3.64. The van der Waals surface area contributed by atoms with Crippen LogP contribution in [0.2, 0.25) is 0 Å². The minimum Gasteiger partial charge on any atom is -0.481 e. The number of carboxylic acids is 1. The van der Waals surface area contributed by atoms with Crippen LogP contribution >= 0.6 is 0 Å². The van der Waals surface area contributed by atoms with Crippen molar-refractivity contribution in [2.24, 2.45) is 5.92 Å². The van der Waals surface area contributed by atoms with Gasteiger partial charge in [0.1, 0.15) is 0 Å². The fraction of sp³-hybridized carbons (Fsp3) is 0.385. The molecule has 0 radical (unpaired) electrons. The molecule has 0 saturated carbocycles. The average Bonchev–Trinajstić information content (AvgIpc) is 2.94. The van der Waals surface area contributed by atoms with Gasteiger partial charge in [-0.3, -0.25) is 9.59 Å². The molecule has 2 atom stereocenters.